The molecule has 25 heavy (non-hydrogen) atoms. The Labute approximate surface area is 156 Å². The number of carboxylic acid groups (broad SMARTS) is 1. The Morgan fingerprint density at radius 3 is 1.20 bits per heavy atom. The molecular weight excluding hydrogens is 312 g/mol. The van der Waals surface area contributed by atoms with Crippen LogP contribution in [0.4, 0.5) is 0 Å². The first-order chi connectivity index (χ1) is 12.2. The predicted octanol–water partition coefficient (Wildman–Crippen LogP) is 7.07. The third kappa shape index (κ3) is 21.1. The average molecular weight is 355 g/mol. The summed E-state index contributed by atoms with van der Waals surface area (Å²) >= 11 is 0. The van der Waals surface area contributed by atoms with E-state index in [4.69, 9.17) is 5.11 Å². The maximum absolute atomic E-state index is 11.8. The minimum atomic E-state index is -0.719. The minimum Gasteiger partial charge on any atom is -0.481 e. The first kappa shape index (κ1) is 24.1. The lowest BCUT2D eigenvalue weighted by Gasteiger charge is -2.03. The lowest BCUT2D eigenvalue weighted by molar-refractivity contribution is -0.137. The van der Waals surface area contributed by atoms with Gasteiger partial charge in [0.15, 0.2) is 0 Å². The largest absolute Gasteiger partial charge is 0.481 e. The fourth-order valence-electron chi connectivity index (χ4n) is 3.24. The molecule has 0 amide bonds. The number of hydrogen-bond donors (Lipinski definition) is 1. The standard InChI is InChI=1S/C22H42O3/c1-2-3-4-5-6-7-8-9-10-11-12-15-18-21(23)19-16-13-14-17-20-22(24)25/h2-20H2,1H3,(H,24,25). The van der Waals surface area contributed by atoms with Gasteiger partial charge in [-0.3, -0.25) is 9.59 Å². The molecule has 0 radical (unpaired) electrons. The molecule has 0 atom stereocenters. The topological polar surface area (TPSA) is 54.4 Å². The van der Waals surface area contributed by atoms with Gasteiger partial charge in [0, 0.05) is 19.3 Å². The lowest BCUT2D eigenvalue weighted by Crippen LogP contribution is -1.98. The molecule has 0 saturated heterocycles. The first-order valence-electron chi connectivity index (χ1n) is 10.9. The zero-order chi connectivity index (χ0) is 18.6. The van der Waals surface area contributed by atoms with Crippen molar-refractivity contribution in [3.8, 4) is 0 Å². The van der Waals surface area contributed by atoms with Crippen LogP contribution in [0.25, 0.3) is 0 Å². The Hall–Kier alpha value is -0.860. The molecule has 0 spiro atoms. The number of carbonyl (C=O) groups excluding carboxylic acids is 1. The molecule has 0 fully saturated rings. The lowest BCUT2D eigenvalue weighted by atomic mass is 10.0. The molecule has 0 aromatic heterocycles. The van der Waals surface area contributed by atoms with Crippen molar-refractivity contribution in [2.75, 3.05) is 0 Å². The second-order valence-electron chi connectivity index (χ2n) is 7.49. The maximum Gasteiger partial charge on any atom is 0.303 e. The summed E-state index contributed by atoms with van der Waals surface area (Å²) in [6.45, 7) is 2.26. The second kappa shape index (κ2) is 19.5. The van der Waals surface area contributed by atoms with Gasteiger partial charge < -0.3 is 5.11 Å². The molecule has 0 aliphatic carbocycles. The Balaban J connectivity index is 3.16. The van der Waals surface area contributed by atoms with Crippen LogP contribution in [0.1, 0.15) is 129 Å². The third-order valence-corrected chi connectivity index (χ3v) is 4.91. The second-order valence-corrected chi connectivity index (χ2v) is 7.49. The number of hydrogen-bond acceptors (Lipinski definition) is 2. The zero-order valence-corrected chi connectivity index (χ0v) is 16.7. The van der Waals surface area contributed by atoms with Crippen molar-refractivity contribution in [3.63, 3.8) is 0 Å². The van der Waals surface area contributed by atoms with Crippen LogP contribution in [-0.2, 0) is 9.59 Å². The number of ketones is 1. The van der Waals surface area contributed by atoms with Crippen LogP contribution < -0.4 is 0 Å². The summed E-state index contributed by atoms with van der Waals surface area (Å²) in [6, 6.07) is 0. The van der Waals surface area contributed by atoms with Crippen molar-refractivity contribution in [1.82, 2.24) is 0 Å². The average Bonchev–Trinajstić information content (AvgIpc) is 2.58. The van der Waals surface area contributed by atoms with Gasteiger partial charge in [-0.15, -0.1) is 0 Å². The highest BCUT2D eigenvalue weighted by atomic mass is 16.4. The number of carboxylic acids is 1. The Morgan fingerprint density at radius 1 is 0.520 bits per heavy atom. The van der Waals surface area contributed by atoms with Crippen molar-refractivity contribution < 1.29 is 14.7 Å². The molecule has 1 N–H and O–H groups in total. The van der Waals surface area contributed by atoms with Gasteiger partial charge in [-0.2, -0.15) is 0 Å². The number of Topliss-reactive ketones (excluding diaryl/α,β-unsaturated/α-hetero) is 1. The molecule has 0 heterocycles. The van der Waals surface area contributed by atoms with Gasteiger partial charge in [-0.1, -0.05) is 90.4 Å². The quantitative estimate of drug-likeness (QED) is 0.238. The highest BCUT2D eigenvalue weighted by molar-refractivity contribution is 5.78. The predicted molar refractivity (Wildman–Crippen MR) is 106 cm³/mol. The monoisotopic (exact) mass is 354 g/mol. The van der Waals surface area contributed by atoms with E-state index < -0.39 is 5.97 Å². The number of rotatable bonds is 20. The van der Waals surface area contributed by atoms with E-state index in [1.165, 1.54) is 70.6 Å². The normalized spacial score (nSPS) is 10.9. The zero-order valence-electron chi connectivity index (χ0n) is 16.7. The number of aliphatic carboxylic acids is 1. The van der Waals surface area contributed by atoms with E-state index in [1.807, 2.05) is 0 Å². The minimum absolute atomic E-state index is 0.257. The molecule has 0 saturated carbocycles. The van der Waals surface area contributed by atoms with Gasteiger partial charge in [0.25, 0.3) is 0 Å². The molecule has 0 bridgehead atoms. The summed E-state index contributed by atoms with van der Waals surface area (Å²) in [5.74, 6) is -0.326. The summed E-state index contributed by atoms with van der Waals surface area (Å²) in [5.41, 5.74) is 0. The molecule has 0 aromatic rings. The van der Waals surface area contributed by atoms with Gasteiger partial charge in [0.2, 0.25) is 0 Å². The number of carbonyl (C=O) groups is 2. The van der Waals surface area contributed by atoms with E-state index in [0.717, 1.165) is 38.5 Å². The van der Waals surface area contributed by atoms with E-state index in [2.05, 4.69) is 6.92 Å². The maximum atomic E-state index is 11.8. The summed E-state index contributed by atoms with van der Waals surface area (Å²) in [5, 5.41) is 8.54. The van der Waals surface area contributed by atoms with Gasteiger partial charge >= 0.3 is 5.97 Å². The van der Waals surface area contributed by atoms with E-state index in [9.17, 15) is 9.59 Å². The smallest absolute Gasteiger partial charge is 0.303 e. The third-order valence-electron chi connectivity index (χ3n) is 4.91. The van der Waals surface area contributed by atoms with Crippen molar-refractivity contribution in [2.45, 2.75) is 129 Å². The van der Waals surface area contributed by atoms with E-state index in [1.54, 1.807) is 0 Å². The van der Waals surface area contributed by atoms with Gasteiger partial charge in [0.05, 0.1) is 0 Å². The highest BCUT2D eigenvalue weighted by Gasteiger charge is 2.02. The summed E-state index contributed by atoms with van der Waals surface area (Å²) in [4.78, 5) is 22.2. The molecule has 3 nitrogen and oxygen atoms in total. The Kier molecular flexibility index (Phi) is 18.8. The van der Waals surface area contributed by atoms with Gasteiger partial charge in [0.1, 0.15) is 5.78 Å². The van der Waals surface area contributed by atoms with Crippen LogP contribution in [-0.4, -0.2) is 16.9 Å². The molecule has 0 aliphatic heterocycles. The molecule has 0 aromatic carbocycles. The van der Waals surface area contributed by atoms with Crippen molar-refractivity contribution in [2.24, 2.45) is 0 Å². The molecule has 0 unspecified atom stereocenters. The van der Waals surface area contributed by atoms with Crippen molar-refractivity contribution >= 4 is 11.8 Å². The summed E-state index contributed by atoms with van der Waals surface area (Å²) in [6.07, 6.45) is 21.2. The van der Waals surface area contributed by atoms with Crippen LogP contribution in [0.3, 0.4) is 0 Å². The van der Waals surface area contributed by atoms with Crippen LogP contribution in [0.15, 0.2) is 0 Å². The van der Waals surface area contributed by atoms with Crippen molar-refractivity contribution in [3.05, 3.63) is 0 Å². The molecule has 3 heteroatoms. The SMILES string of the molecule is CCCCCCCCCCCCCCC(=O)CCCCCCC(=O)O. The van der Waals surface area contributed by atoms with Gasteiger partial charge in [-0.05, 0) is 19.3 Å². The molecule has 0 rings (SSSR count). The van der Waals surface area contributed by atoms with E-state index in [0.29, 0.717) is 12.2 Å². The molecule has 0 aliphatic rings. The van der Waals surface area contributed by atoms with E-state index in [-0.39, 0.29) is 6.42 Å². The fraction of sp³-hybridized carbons (Fsp3) is 0.909. The first-order valence-corrected chi connectivity index (χ1v) is 10.9. The number of unbranched alkanes of at least 4 members (excludes halogenated alkanes) is 14. The Morgan fingerprint density at radius 2 is 0.840 bits per heavy atom. The Bertz CT molecular complexity index is 312. The van der Waals surface area contributed by atoms with Crippen LogP contribution in [0.2, 0.25) is 0 Å². The van der Waals surface area contributed by atoms with E-state index >= 15 is 0 Å². The van der Waals surface area contributed by atoms with Gasteiger partial charge in [-0.25, -0.2) is 0 Å². The molecule has 148 valence electrons. The molecular formula is C22H42O3. The summed E-state index contributed by atoms with van der Waals surface area (Å²) < 4.78 is 0. The van der Waals surface area contributed by atoms with Crippen molar-refractivity contribution in [1.29, 1.82) is 0 Å². The van der Waals surface area contributed by atoms with Crippen LogP contribution >= 0.6 is 0 Å². The summed E-state index contributed by atoms with van der Waals surface area (Å²) in [7, 11) is 0. The van der Waals surface area contributed by atoms with Crippen LogP contribution in [0, 0.1) is 0 Å². The highest BCUT2D eigenvalue weighted by Crippen LogP contribution is 2.13. The fourth-order valence-corrected chi connectivity index (χ4v) is 3.24. The van der Waals surface area contributed by atoms with Crippen LogP contribution in [0.5, 0.6) is 0 Å².